The summed E-state index contributed by atoms with van der Waals surface area (Å²) in [7, 11) is 0. The van der Waals surface area contributed by atoms with Crippen LogP contribution in [0.15, 0.2) is 18.2 Å². The molecule has 1 N–H and O–H groups in total. The number of hydrogen-bond acceptors (Lipinski definition) is 6. The van der Waals surface area contributed by atoms with E-state index >= 15 is 0 Å². The first kappa shape index (κ1) is 16.9. The number of nitro benzene ring substituents is 1. The lowest BCUT2D eigenvalue weighted by atomic mass is 10.1. The largest absolute Gasteiger partial charge is 0.463 e. The lowest BCUT2D eigenvalue weighted by Gasteiger charge is -2.32. The lowest BCUT2D eigenvalue weighted by molar-refractivity contribution is -0.384. The van der Waals surface area contributed by atoms with Crippen molar-refractivity contribution in [1.82, 2.24) is 4.90 Å². The van der Waals surface area contributed by atoms with E-state index in [9.17, 15) is 19.7 Å². The number of amides is 1. The topological polar surface area (TPSA) is 102 Å². The molecule has 1 heterocycles. The SMILES string of the molecule is CCN1CCOC(=O)[C@H]1CC(=O)Nc1ccc([N+](=O)[O-])cc1C. The van der Waals surface area contributed by atoms with Crippen molar-refractivity contribution in [3.63, 3.8) is 0 Å². The van der Waals surface area contributed by atoms with Gasteiger partial charge in [0, 0.05) is 24.4 Å². The van der Waals surface area contributed by atoms with Crippen molar-refractivity contribution in [2.24, 2.45) is 0 Å². The molecule has 1 aliphatic heterocycles. The molecule has 0 aromatic heterocycles. The van der Waals surface area contributed by atoms with Gasteiger partial charge < -0.3 is 10.1 Å². The minimum absolute atomic E-state index is 0.0108. The Morgan fingerprint density at radius 2 is 2.26 bits per heavy atom. The number of likely N-dealkylation sites (N-methyl/N-ethyl adjacent to an activating group) is 1. The van der Waals surface area contributed by atoms with Gasteiger partial charge >= 0.3 is 5.97 Å². The fraction of sp³-hybridized carbons (Fsp3) is 0.467. The van der Waals surface area contributed by atoms with Crippen LogP contribution in [0.1, 0.15) is 18.9 Å². The molecule has 1 aromatic carbocycles. The van der Waals surface area contributed by atoms with Crippen molar-refractivity contribution in [2.45, 2.75) is 26.3 Å². The first-order valence-electron chi connectivity index (χ1n) is 7.38. The highest BCUT2D eigenvalue weighted by Crippen LogP contribution is 2.22. The minimum Gasteiger partial charge on any atom is -0.463 e. The zero-order valence-electron chi connectivity index (χ0n) is 13.1. The number of carbonyl (C=O) groups is 2. The second-order valence-electron chi connectivity index (χ2n) is 5.32. The summed E-state index contributed by atoms with van der Waals surface area (Å²) in [4.78, 5) is 36.1. The Kier molecular flexibility index (Phi) is 5.28. The number of rotatable bonds is 5. The van der Waals surface area contributed by atoms with E-state index in [1.165, 1.54) is 18.2 Å². The highest BCUT2D eigenvalue weighted by atomic mass is 16.6. The number of morpholine rings is 1. The summed E-state index contributed by atoms with van der Waals surface area (Å²) in [6.45, 7) is 5.20. The number of nitrogens with zero attached hydrogens (tertiary/aromatic N) is 2. The number of benzene rings is 1. The average molecular weight is 321 g/mol. The maximum absolute atomic E-state index is 12.2. The monoisotopic (exact) mass is 321 g/mol. The maximum Gasteiger partial charge on any atom is 0.323 e. The average Bonchev–Trinajstić information content (AvgIpc) is 2.51. The Balaban J connectivity index is 2.04. The number of carbonyl (C=O) groups excluding carboxylic acids is 2. The molecule has 0 saturated carbocycles. The Labute approximate surface area is 133 Å². The third-order valence-corrected chi connectivity index (χ3v) is 3.82. The van der Waals surface area contributed by atoms with Gasteiger partial charge in [-0.1, -0.05) is 6.92 Å². The number of non-ortho nitro benzene ring substituents is 1. The predicted octanol–water partition coefficient (Wildman–Crippen LogP) is 1.48. The van der Waals surface area contributed by atoms with E-state index in [2.05, 4.69) is 5.32 Å². The molecule has 0 aliphatic carbocycles. The summed E-state index contributed by atoms with van der Waals surface area (Å²) in [5.41, 5.74) is 1.05. The van der Waals surface area contributed by atoms with Crippen molar-refractivity contribution >= 4 is 23.3 Å². The van der Waals surface area contributed by atoms with Gasteiger partial charge in [-0.25, -0.2) is 0 Å². The van der Waals surface area contributed by atoms with Crippen molar-refractivity contribution in [3.8, 4) is 0 Å². The zero-order chi connectivity index (χ0) is 17.0. The molecule has 124 valence electrons. The highest BCUT2D eigenvalue weighted by molar-refractivity contribution is 5.95. The van der Waals surface area contributed by atoms with Gasteiger partial charge in [0.05, 0.1) is 11.3 Å². The highest BCUT2D eigenvalue weighted by Gasteiger charge is 2.32. The van der Waals surface area contributed by atoms with E-state index in [4.69, 9.17) is 4.74 Å². The predicted molar refractivity (Wildman–Crippen MR) is 83.1 cm³/mol. The van der Waals surface area contributed by atoms with Crippen LogP contribution in [0.2, 0.25) is 0 Å². The Hall–Kier alpha value is -2.48. The van der Waals surface area contributed by atoms with Crippen LogP contribution in [0.3, 0.4) is 0 Å². The van der Waals surface area contributed by atoms with Gasteiger partial charge in [-0.3, -0.25) is 24.6 Å². The molecule has 1 atom stereocenters. The zero-order valence-corrected chi connectivity index (χ0v) is 13.1. The molecule has 1 fully saturated rings. The van der Waals surface area contributed by atoms with Gasteiger partial charge in [0.2, 0.25) is 5.91 Å². The third-order valence-electron chi connectivity index (χ3n) is 3.82. The van der Waals surface area contributed by atoms with E-state index in [1.54, 1.807) is 6.92 Å². The van der Waals surface area contributed by atoms with E-state index in [1.807, 2.05) is 11.8 Å². The van der Waals surface area contributed by atoms with E-state index in [0.29, 0.717) is 30.9 Å². The standard InChI is InChI=1S/C15H19N3O5/c1-3-17-6-7-23-15(20)13(17)9-14(19)16-12-5-4-11(18(21)22)8-10(12)2/h4-5,8,13H,3,6-7,9H2,1-2H3,(H,16,19)/t13-/m1/s1. The minimum atomic E-state index is -0.591. The Bertz CT molecular complexity index is 632. The molecule has 0 spiro atoms. The number of ether oxygens (including phenoxy) is 1. The van der Waals surface area contributed by atoms with Crippen molar-refractivity contribution < 1.29 is 19.2 Å². The van der Waals surface area contributed by atoms with Crippen LogP contribution in [0, 0.1) is 17.0 Å². The van der Waals surface area contributed by atoms with Gasteiger partial charge in [0.25, 0.3) is 5.69 Å². The maximum atomic E-state index is 12.2. The molecule has 0 radical (unpaired) electrons. The normalized spacial score (nSPS) is 18.3. The van der Waals surface area contributed by atoms with Gasteiger partial charge in [-0.05, 0) is 25.1 Å². The van der Waals surface area contributed by atoms with Crippen LogP contribution in [-0.4, -0.2) is 47.4 Å². The Morgan fingerprint density at radius 1 is 1.52 bits per heavy atom. The van der Waals surface area contributed by atoms with Crippen molar-refractivity contribution in [2.75, 3.05) is 25.0 Å². The van der Waals surface area contributed by atoms with Crippen LogP contribution in [-0.2, 0) is 14.3 Å². The molecule has 23 heavy (non-hydrogen) atoms. The van der Waals surface area contributed by atoms with Gasteiger partial charge in [-0.2, -0.15) is 0 Å². The van der Waals surface area contributed by atoms with Gasteiger partial charge in [-0.15, -0.1) is 0 Å². The van der Waals surface area contributed by atoms with Crippen molar-refractivity contribution in [1.29, 1.82) is 0 Å². The number of hydrogen-bond donors (Lipinski definition) is 1. The molecule has 8 heteroatoms. The molecule has 2 rings (SSSR count). The number of anilines is 1. The second-order valence-corrected chi connectivity index (χ2v) is 5.32. The summed E-state index contributed by atoms with van der Waals surface area (Å²) in [6.07, 6.45) is -0.0108. The molecule has 1 amide bonds. The lowest BCUT2D eigenvalue weighted by Crippen LogP contribution is -2.50. The van der Waals surface area contributed by atoms with Crippen molar-refractivity contribution in [3.05, 3.63) is 33.9 Å². The number of nitro groups is 1. The third kappa shape index (κ3) is 4.04. The van der Waals surface area contributed by atoms with Gasteiger partial charge in [0.15, 0.2) is 0 Å². The summed E-state index contributed by atoms with van der Waals surface area (Å²) < 4.78 is 5.00. The number of nitrogens with one attached hydrogen (secondary N) is 1. The molecule has 1 saturated heterocycles. The fourth-order valence-electron chi connectivity index (χ4n) is 2.53. The first-order valence-corrected chi connectivity index (χ1v) is 7.38. The van der Waals surface area contributed by atoms with Crippen LogP contribution >= 0.6 is 0 Å². The van der Waals surface area contributed by atoms with Crippen LogP contribution < -0.4 is 5.32 Å². The quantitative estimate of drug-likeness (QED) is 0.501. The number of aryl methyl sites for hydroxylation is 1. The van der Waals surface area contributed by atoms with E-state index in [0.717, 1.165) is 0 Å². The fourth-order valence-corrected chi connectivity index (χ4v) is 2.53. The molecule has 0 unspecified atom stereocenters. The summed E-state index contributed by atoms with van der Waals surface area (Å²) in [5.74, 6) is -0.724. The molecule has 1 aliphatic rings. The van der Waals surface area contributed by atoms with Crippen LogP contribution in [0.25, 0.3) is 0 Å². The molecule has 8 nitrogen and oxygen atoms in total. The van der Waals surface area contributed by atoms with Gasteiger partial charge in [0.1, 0.15) is 12.6 Å². The number of cyclic esters (lactones) is 1. The number of esters is 1. The summed E-state index contributed by atoms with van der Waals surface area (Å²) in [5, 5.41) is 13.4. The van der Waals surface area contributed by atoms with Crippen LogP contribution in [0.5, 0.6) is 0 Å². The Morgan fingerprint density at radius 3 is 2.87 bits per heavy atom. The molecule has 0 bridgehead atoms. The smallest absolute Gasteiger partial charge is 0.323 e. The van der Waals surface area contributed by atoms with Crippen LogP contribution in [0.4, 0.5) is 11.4 Å². The summed E-state index contributed by atoms with van der Waals surface area (Å²) in [6, 6.07) is 3.62. The van der Waals surface area contributed by atoms with E-state index < -0.39 is 16.9 Å². The first-order chi connectivity index (χ1) is 10.9. The van der Waals surface area contributed by atoms with E-state index in [-0.39, 0.29) is 18.0 Å². The molecule has 1 aromatic rings. The molecular weight excluding hydrogens is 302 g/mol. The summed E-state index contributed by atoms with van der Waals surface area (Å²) >= 11 is 0. The molecular formula is C15H19N3O5. The second kappa shape index (κ2) is 7.19.